The molecule has 1 aliphatic heterocycles. The summed E-state index contributed by atoms with van der Waals surface area (Å²) in [5.41, 5.74) is 5.30. The Bertz CT molecular complexity index is 284. The minimum atomic E-state index is -0.296. The van der Waals surface area contributed by atoms with E-state index in [-0.39, 0.29) is 23.8 Å². The van der Waals surface area contributed by atoms with E-state index in [1.165, 1.54) is 0 Å². The van der Waals surface area contributed by atoms with Crippen molar-refractivity contribution in [2.24, 2.45) is 11.7 Å². The molecule has 2 N–H and O–H groups in total. The Labute approximate surface area is 107 Å². The van der Waals surface area contributed by atoms with Crippen LogP contribution < -0.4 is 5.73 Å². The van der Waals surface area contributed by atoms with E-state index >= 15 is 0 Å². The molecule has 1 heterocycles. The summed E-state index contributed by atoms with van der Waals surface area (Å²) in [6, 6.07) is 0.217. The predicted molar refractivity (Wildman–Crippen MR) is 67.7 cm³/mol. The van der Waals surface area contributed by atoms with Gasteiger partial charge in [0.15, 0.2) is 0 Å². The van der Waals surface area contributed by atoms with Crippen LogP contribution in [0.2, 0.25) is 0 Å². The molecule has 1 fully saturated rings. The van der Waals surface area contributed by atoms with E-state index in [0.717, 1.165) is 25.7 Å². The molecule has 17 heavy (non-hydrogen) atoms. The monoisotopic (exact) mass is 260 g/mol. The lowest BCUT2D eigenvalue weighted by Crippen LogP contribution is -2.48. The van der Waals surface area contributed by atoms with Gasteiger partial charge in [-0.3, -0.25) is 9.59 Å². The first-order valence-corrected chi connectivity index (χ1v) is 6.74. The van der Waals surface area contributed by atoms with Crippen molar-refractivity contribution in [1.82, 2.24) is 4.90 Å². The molecule has 2 unspecified atom stereocenters. The third-order valence-corrected chi connectivity index (χ3v) is 3.65. The summed E-state index contributed by atoms with van der Waals surface area (Å²) in [4.78, 5) is 24.9. The van der Waals surface area contributed by atoms with E-state index in [4.69, 9.17) is 17.3 Å². The molecule has 0 aromatic heterocycles. The highest BCUT2D eigenvalue weighted by molar-refractivity contribution is 6.17. The minimum absolute atomic E-state index is 0.119. The number of primary amides is 1. The first kappa shape index (κ1) is 14.3. The maximum Gasteiger partial charge on any atom is 0.222 e. The number of hydrogen-bond acceptors (Lipinski definition) is 2. The van der Waals surface area contributed by atoms with E-state index in [1.54, 1.807) is 4.90 Å². The van der Waals surface area contributed by atoms with Crippen molar-refractivity contribution < 1.29 is 9.59 Å². The van der Waals surface area contributed by atoms with Gasteiger partial charge in [0.05, 0.1) is 5.92 Å². The lowest BCUT2D eigenvalue weighted by atomic mass is 9.92. The van der Waals surface area contributed by atoms with Gasteiger partial charge < -0.3 is 10.6 Å². The van der Waals surface area contributed by atoms with E-state index in [0.29, 0.717) is 18.8 Å². The molecule has 0 bridgehead atoms. The Morgan fingerprint density at radius 3 is 2.65 bits per heavy atom. The van der Waals surface area contributed by atoms with Crippen molar-refractivity contribution in [2.45, 2.75) is 45.1 Å². The summed E-state index contributed by atoms with van der Waals surface area (Å²) in [6.45, 7) is 2.51. The van der Waals surface area contributed by atoms with E-state index in [9.17, 15) is 9.59 Å². The van der Waals surface area contributed by atoms with Gasteiger partial charge in [0.25, 0.3) is 0 Å². The van der Waals surface area contributed by atoms with Gasteiger partial charge in [0, 0.05) is 24.9 Å². The molecule has 0 aromatic carbocycles. The van der Waals surface area contributed by atoms with Crippen molar-refractivity contribution in [3.05, 3.63) is 0 Å². The molecule has 5 heteroatoms. The fourth-order valence-corrected chi connectivity index (χ4v) is 2.39. The van der Waals surface area contributed by atoms with Crippen LogP contribution in [0.3, 0.4) is 0 Å². The Balaban J connectivity index is 2.48. The summed E-state index contributed by atoms with van der Waals surface area (Å²) < 4.78 is 0. The van der Waals surface area contributed by atoms with Gasteiger partial charge in [0.1, 0.15) is 0 Å². The zero-order valence-electron chi connectivity index (χ0n) is 10.3. The molecule has 1 rings (SSSR count). The minimum Gasteiger partial charge on any atom is -0.369 e. The smallest absolute Gasteiger partial charge is 0.222 e. The largest absolute Gasteiger partial charge is 0.369 e. The van der Waals surface area contributed by atoms with Crippen molar-refractivity contribution in [1.29, 1.82) is 0 Å². The lowest BCUT2D eigenvalue weighted by molar-refractivity contribution is -0.137. The van der Waals surface area contributed by atoms with Crippen LogP contribution in [0.5, 0.6) is 0 Å². The van der Waals surface area contributed by atoms with Gasteiger partial charge in [-0.15, -0.1) is 11.6 Å². The average Bonchev–Trinajstić information content (AvgIpc) is 2.29. The third kappa shape index (κ3) is 4.19. The van der Waals surface area contributed by atoms with Crippen LogP contribution >= 0.6 is 11.6 Å². The van der Waals surface area contributed by atoms with Crippen molar-refractivity contribution >= 4 is 23.4 Å². The molecule has 1 saturated heterocycles. The molecule has 0 saturated carbocycles. The molecule has 2 amide bonds. The molecule has 2 atom stereocenters. The van der Waals surface area contributed by atoms with E-state index in [2.05, 4.69) is 0 Å². The van der Waals surface area contributed by atoms with Gasteiger partial charge >= 0.3 is 0 Å². The summed E-state index contributed by atoms with van der Waals surface area (Å²) in [6.07, 6.45) is 3.83. The van der Waals surface area contributed by atoms with Crippen molar-refractivity contribution in [2.75, 3.05) is 12.4 Å². The number of carbonyl (C=O) groups excluding carboxylic acids is 2. The van der Waals surface area contributed by atoms with Gasteiger partial charge in [-0.05, 0) is 32.6 Å². The summed E-state index contributed by atoms with van der Waals surface area (Å²) >= 11 is 5.58. The second-order valence-electron chi connectivity index (χ2n) is 4.72. The number of alkyl halides is 1. The molecule has 0 spiro atoms. The zero-order valence-corrected chi connectivity index (χ0v) is 11.1. The van der Waals surface area contributed by atoms with Crippen LogP contribution in [-0.2, 0) is 9.59 Å². The van der Waals surface area contributed by atoms with Gasteiger partial charge in [-0.2, -0.15) is 0 Å². The second kappa shape index (κ2) is 6.84. The highest BCUT2D eigenvalue weighted by Gasteiger charge is 2.30. The Morgan fingerprint density at radius 2 is 2.06 bits per heavy atom. The normalized spacial score (nSPS) is 24.7. The predicted octanol–water partition coefficient (Wildman–Crippen LogP) is 1.51. The molecule has 0 radical (unpaired) electrons. The Hall–Kier alpha value is -0.770. The molecule has 4 nitrogen and oxygen atoms in total. The first-order chi connectivity index (χ1) is 8.06. The number of piperidine rings is 1. The van der Waals surface area contributed by atoms with Crippen LogP contribution in [0, 0.1) is 5.92 Å². The fourth-order valence-electron chi connectivity index (χ4n) is 2.20. The number of unbranched alkanes of at least 4 members (excludes halogenated alkanes) is 1. The molecule has 0 aliphatic carbocycles. The second-order valence-corrected chi connectivity index (χ2v) is 5.10. The number of rotatable bonds is 5. The standard InChI is InChI=1S/C12H21ClN2O2/c1-9-5-6-10(12(14)17)8-15(9)11(16)4-2-3-7-13/h9-10H,2-8H2,1H3,(H2,14,17). The van der Waals surface area contributed by atoms with Crippen molar-refractivity contribution in [3.63, 3.8) is 0 Å². The number of carbonyl (C=O) groups is 2. The quantitative estimate of drug-likeness (QED) is 0.602. The Morgan fingerprint density at radius 1 is 1.35 bits per heavy atom. The Kier molecular flexibility index (Phi) is 5.75. The van der Waals surface area contributed by atoms with Crippen LogP contribution in [0.15, 0.2) is 0 Å². The fraction of sp³-hybridized carbons (Fsp3) is 0.833. The highest BCUT2D eigenvalue weighted by atomic mass is 35.5. The molecule has 98 valence electrons. The molecule has 1 aliphatic rings. The average molecular weight is 261 g/mol. The number of nitrogens with zero attached hydrogens (tertiary/aromatic N) is 1. The summed E-state index contributed by atoms with van der Waals surface area (Å²) in [5.74, 6) is 0.236. The van der Waals surface area contributed by atoms with Crippen LogP contribution in [0.4, 0.5) is 0 Å². The number of amides is 2. The van der Waals surface area contributed by atoms with Crippen molar-refractivity contribution in [3.8, 4) is 0 Å². The maximum absolute atomic E-state index is 12.0. The van der Waals surface area contributed by atoms with Crippen LogP contribution in [0.25, 0.3) is 0 Å². The number of halogens is 1. The summed E-state index contributed by atoms with van der Waals surface area (Å²) in [5, 5.41) is 0. The molecular formula is C12H21ClN2O2. The summed E-state index contributed by atoms with van der Waals surface area (Å²) in [7, 11) is 0. The van der Waals surface area contributed by atoms with E-state index in [1.807, 2.05) is 6.92 Å². The van der Waals surface area contributed by atoms with E-state index < -0.39 is 0 Å². The molecular weight excluding hydrogens is 240 g/mol. The molecule has 0 aromatic rings. The topological polar surface area (TPSA) is 63.4 Å². The van der Waals surface area contributed by atoms with Crippen LogP contribution in [-0.4, -0.2) is 35.2 Å². The maximum atomic E-state index is 12.0. The van der Waals surface area contributed by atoms with Gasteiger partial charge in [-0.1, -0.05) is 0 Å². The van der Waals surface area contributed by atoms with Crippen LogP contribution in [0.1, 0.15) is 39.0 Å². The SMILES string of the molecule is CC1CCC(C(N)=O)CN1C(=O)CCCCCl. The van der Waals surface area contributed by atoms with Gasteiger partial charge in [0.2, 0.25) is 11.8 Å². The van der Waals surface area contributed by atoms with Gasteiger partial charge in [-0.25, -0.2) is 0 Å². The first-order valence-electron chi connectivity index (χ1n) is 6.21. The number of hydrogen-bond donors (Lipinski definition) is 1. The highest BCUT2D eigenvalue weighted by Crippen LogP contribution is 2.22. The zero-order chi connectivity index (χ0) is 12.8. The number of likely N-dealkylation sites (tertiary alicyclic amines) is 1. The lowest BCUT2D eigenvalue weighted by Gasteiger charge is -2.37. The third-order valence-electron chi connectivity index (χ3n) is 3.38. The number of nitrogens with two attached hydrogens (primary N) is 1.